The minimum absolute atomic E-state index is 0.0133. The molecule has 0 radical (unpaired) electrons. The summed E-state index contributed by atoms with van der Waals surface area (Å²) in [7, 11) is 0. The highest BCUT2D eigenvalue weighted by Crippen LogP contribution is 2.31. The Kier molecular flexibility index (Phi) is 3.83. The smallest absolute Gasteiger partial charge is 0.245 e. The SMILES string of the molecule is Clc1cccc(-c2noc(C3CC(c4ccccc4)NN3)n2)c1. The van der Waals surface area contributed by atoms with Crippen LogP contribution in [0.2, 0.25) is 5.02 Å². The lowest BCUT2D eigenvalue weighted by Gasteiger charge is -2.08. The van der Waals surface area contributed by atoms with Gasteiger partial charge in [0.25, 0.3) is 0 Å². The fourth-order valence-corrected chi connectivity index (χ4v) is 2.93. The third-order valence-electron chi connectivity index (χ3n) is 3.93. The van der Waals surface area contributed by atoms with Crippen LogP contribution < -0.4 is 10.9 Å². The maximum absolute atomic E-state index is 6.01. The Hall–Kier alpha value is -2.21. The van der Waals surface area contributed by atoms with Gasteiger partial charge in [-0.3, -0.25) is 0 Å². The molecule has 0 spiro atoms. The molecule has 0 amide bonds. The van der Waals surface area contributed by atoms with Crippen LogP contribution in [0.5, 0.6) is 0 Å². The highest BCUT2D eigenvalue weighted by molar-refractivity contribution is 6.30. The van der Waals surface area contributed by atoms with Crippen molar-refractivity contribution in [2.45, 2.75) is 18.5 Å². The quantitative estimate of drug-likeness (QED) is 0.769. The van der Waals surface area contributed by atoms with E-state index in [-0.39, 0.29) is 12.1 Å². The number of aromatic nitrogens is 2. The van der Waals surface area contributed by atoms with Gasteiger partial charge in [0.15, 0.2) is 0 Å². The average Bonchev–Trinajstić information content (AvgIpc) is 3.25. The summed E-state index contributed by atoms with van der Waals surface area (Å²) < 4.78 is 5.42. The highest BCUT2D eigenvalue weighted by Gasteiger charge is 2.30. The van der Waals surface area contributed by atoms with Crippen molar-refractivity contribution in [1.29, 1.82) is 0 Å². The zero-order chi connectivity index (χ0) is 15.6. The molecule has 5 nitrogen and oxygen atoms in total. The lowest BCUT2D eigenvalue weighted by Crippen LogP contribution is -2.26. The Morgan fingerprint density at radius 1 is 1.00 bits per heavy atom. The average molecular weight is 327 g/mol. The second kappa shape index (κ2) is 6.12. The van der Waals surface area contributed by atoms with Gasteiger partial charge in [0.1, 0.15) is 6.04 Å². The van der Waals surface area contributed by atoms with E-state index in [2.05, 4.69) is 33.1 Å². The molecule has 2 unspecified atom stereocenters. The first-order valence-electron chi connectivity index (χ1n) is 7.45. The molecule has 4 rings (SSSR count). The summed E-state index contributed by atoms with van der Waals surface area (Å²) in [5.41, 5.74) is 8.58. The molecule has 0 bridgehead atoms. The van der Waals surface area contributed by atoms with Crippen molar-refractivity contribution < 1.29 is 4.52 Å². The molecule has 116 valence electrons. The molecule has 23 heavy (non-hydrogen) atoms. The predicted molar refractivity (Wildman–Crippen MR) is 87.6 cm³/mol. The fourth-order valence-electron chi connectivity index (χ4n) is 2.74. The molecule has 2 aromatic carbocycles. The third-order valence-corrected chi connectivity index (χ3v) is 4.16. The van der Waals surface area contributed by atoms with E-state index in [0.29, 0.717) is 16.7 Å². The van der Waals surface area contributed by atoms with Crippen LogP contribution >= 0.6 is 11.6 Å². The van der Waals surface area contributed by atoms with Crippen molar-refractivity contribution in [3.8, 4) is 11.4 Å². The van der Waals surface area contributed by atoms with Crippen molar-refractivity contribution in [2.24, 2.45) is 0 Å². The standard InChI is InChI=1S/C17H15ClN4O/c18-13-8-4-7-12(9-13)16-19-17(23-22-16)15-10-14(20-21-15)11-5-2-1-3-6-11/h1-9,14-15,20-21H,10H2. The molecule has 3 aromatic rings. The van der Waals surface area contributed by atoms with Gasteiger partial charge in [-0.15, -0.1) is 0 Å². The Balaban J connectivity index is 1.52. The van der Waals surface area contributed by atoms with Crippen LogP contribution in [0.25, 0.3) is 11.4 Å². The molecule has 1 aliphatic heterocycles. The summed E-state index contributed by atoms with van der Waals surface area (Å²) in [5.74, 6) is 1.12. The minimum atomic E-state index is -0.0133. The van der Waals surface area contributed by atoms with E-state index < -0.39 is 0 Å². The van der Waals surface area contributed by atoms with Gasteiger partial charge in [-0.05, 0) is 24.1 Å². The first kappa shape index (κ1) is 14.4. The van der Waals surface area contributed by atoms with Crippen molar-refractivity contribution in [1.82, 2.24) is 21.0 Å². The van der Waals surface area contributed by atoms with Crippen LogP contribution in [0.3, 0.4) is 0 Å². The maximum atomic E-state index is 6.01. The van der Waals surface area contributed by atoms with Crippen LogP contribution in [0.4, 0.5) is 0 Å². The Morgan fingerprint density at radius 2 is 1.83 bits per heavy atom. The van der Waals surface area contributed by atoms with Gasteiger partial charge in [0.05, 0.1) is 0 Å². The van der Waals surface area contributed by atoms with Gasteiger partial charge < -0.3 is 4.52 Å². The summed E-state index contributed by atoms with van der Waals surface area (Å²) >= 11 is 6.01. The molecule has 2 atom stereocenters. The van der Waals surface area contributed by atoms with Gasteiger partial charge in [-0.2, -0.15) is 4.98 Å². The van der Waals surface area contributed by atoms with E-state index in [1.807, 2.05) is 42.5 Å². The molecular formula is C17H15ClN4O. The number of hydrogen-bond donors (Lipinski definition) is 2. The molecule has 1 aliphatic rings. The monoisotopic (exact) mass is 326 g/mol. The molecule has 2 heterocycles. The lowest BCUT2D eigenvalue weighted by atomic mass is 10.0. The Bertz CT molecular complexity index is 805. The molecule has 1 fully saturated rings. The molecule has 1 aromatic heterocycles. The summed E-state index contributed by atoms with van der Waals surface area (Å²) in [6.07, 6.45) is 0.848. The number of hydrazine groups is 1. The van der Waals surface area contributed by atoms with E-state index in [1.54, 1.807) is 0 Å². The fraction of sp³-hybridized carbons (Fsp3) is 0.176. The van der Waals surface area contributed by atoms with E-state index in [1.165, 1.54) is 5.56 Å². The Labute approximate surface area is 138 Å². The van der Waals surface area contributed by atoms with E-state index in [4.69, 9.17) is 16.1 Å². The third kappa shape index (κ3) is 2.99. The van der Waals surface area contributed by atoms with Gasteiger partial charge in [0.2, 0.25) is 11.7 Å². The van der Waals surface area contributed by atoms with Gasteiger partial charge in [-0.25, -0.2) is 10.9 Å². The zero-order valence-electron chi connectivity index (χ0n) is 12.2. The highest BCUT2D eigenvalue weighted by atomic mass is 35.5. The number of hydrogen-bond acceptors (Lipinski definition) is 5. The van der Waals surface area contributed by atoms with Crippen LogP contribution in [0, 0.1) is 0 Å². The largest absolute Gasteiger partial charge is 0.337 e. The minimum Gasteiger partial charge on any atom is -0.337 e. The van der Waals surface area contributed by atoms with E-state index in [0.717, 1.165) is 12.0 Å². The van der Waals surface area contributed by atoms with Gasteiger partial charge in [0, 0.05) is 16.6 Å². The number of benzene rings is 2. The molecule has 1 saturated heterocycles. The molecule has 6 heteroatoms. The van der Waals surface area contributed by atoms with Crippen molar-refractivity contribution in [3.63, 3.8) is 0 Å². The van der Waals surface area contributed by atoms with Crippen molar-refractivity contribution in [2.75, 3.05) is 0 Å². The number of halogens is 1. The van der Waals surface area contributed by atoms with Gasteiger partial charge in [-0.1, -0.05) is 59.2 Å². The molecular weight excluding hydrogens is 312 g/mol. The number of nitrogens with zero attached hydrogens (tertiary/aromatic N) is 2. The van der Waals surface area contributed by atoms with Crippen molar-refractivity contribution in [3.05, 3.63) is 71.1 Å². The normalized spacial score (nSPS) is 20.7. The van der Waals surface area contributed by atoms with Crippen molar-refractivity contribution >= 4 is 11.6 Å². The predicted octanol–water partition coefficient (Wildman–Crippen LogP) is 3.67. The van der Waals surface area contributed by atoms with Crippen LogP contribution in [0.15, 0.2) is 59.1 Å². The molecule has 2 N–H and O–H groups in total. The van der Waals surface area contributed by atoms with Crippen LogP contribution in [-0.2, 0) is 0 Å². The molecule has 0 aliphatic carbocycles. The van der Waals surface area contributed by atoms with E-state index >= 15 is 0 Å². The van der Waals surface area contributed by atoms with E-state index in [9.17, 15) is 0 Å². The number of rotatable bonds is 3. The van der Waals surface area contributed by atoms with Crippen LogP contribution in [0.1, 0.15) is 30.0 Å². The summed E-state index contributed by atoms with van der Waals surface area (Å²) in [5, 5.41) is 4.71. The summed E-state index contributed by atoms with van der Waals surface area (Å²) in [4.78, 5) is 4.49. The topological polar surface area (TPSA) is 63.0 Å². The van der Waals surface area contributed by atoms with Gasteiger partial charge >= 0.3 is 0 Å². The Morgan fingerprint density at radius 3 is 2.65 bits per heavy atom. The second-order valence-corrected chi connectivity index (χ2v) is 5.94. The molecule has 0 saturated carbocycles. The first-order chi connectivity index (χ1) is 11.3. The zero-order valence-corrected chi connectivity index (χ0v) is 13.0. The summed E-state index contributed by atoms with van der Waals surface area (Å²) in [6.45, 7) is 0. The van der Waals surface area contributed by atoms with Crippen LogP contribution in [-0.4, -0.2) is 10.1 Å². The number of nitrogens with one attached hydrogen (secondary N) is 2. The maximum Gasteiger partial charge on any atom is 0.245 e. The lowest BCUT2D eigenvalue weighted by molar-refractivity contribution is 0.340. The second-order valence-electron chi connectivity index (χ2n) is 5.51. The summed E-state index contributed by atoms with van der Waals surface area (Å²) in [6, 6.07) is 17.9. The first-order valence-corrected chi connectivity index (χ1v) is 7.83.